The van der Waals surface area contributed by atoms with E-state index in [1.165, 1.54) is 0 Å². The molecule has 0 aromatic carbocycles. The summed E-state index contributed by atoms with van der Waals surface area (Å²) in [5.74, 6) is 0.854. The average Bonchev–Trinajstić information content (AvgIpc) is 2.40. The molecule has 1 amide bonds. The maximum Gasteiger partial charge on any atom is 0.223 e. The number of nitrogens with zero attached hydrogens (tertiary/aromatic N) is 1. The molecule has 4 atom stereocenters. The summed E-state index contributed by atoms with van der Waals surface area (Å²) in [6, 6.07) is 0.852. The normalized spacial score (nSPS) is 29.3. The first-order valence-electron chi connectivity index (χ1n) is 7.69. The van der Waals surface area contributed by atoms with Crippen molar-refractivity contribution < 1.29 is 4.79 Å². The van der Waals surface area contributed by atoms with Gasteiger partial charge < -0.3 is 16.0 Å². The zero-order valence-electron chi connectivity index (χ0n) is 13.0. The minimum atomic E-state index is 0.170. The molecule has 0 heterocycles. The second kappa shape index (κ2) is 7.85. The second-order valence-electron chi connectivity index (χ2n) is 6.18. The number of carbonyl (C=O) groups is 1. The first-order chi connectivity index (χ1) is 8.95. The van der Waals surface area contributed by atoms with Crippen LogP contribution in [-0.4, -0.2) is 43.0 Å². The fraction of sp³-hybridized carbons (Fsp3) is 0.933. The Morgan fingerprint density at radius 1 is 1.47 bits per heavy atom. The lowest BCUT2D eigenvalue weighted by Crippen LogP contribution is -2.43. The molecule has 0 spiro atoms. The summed E-state index contributed by atoms with van der Waals surface area (Å²) < 4.78 is 0. The number of nitrogens with one attached hydrogen (secondary N) is 1. The highest BCUT2D eigenvalue weighted by Crippen LogP contribution is 2.27. The van der Waals surface area contributed by atoms with Crippen molar-refractivity contribution in [3.63, 3.8) is 0 Å². The molecule has 1 rings (SSSR count). The van der Waals surface area contributed by atoms with Crippen molar-refractivity contribution in [2.24, 2.45) is 17.6 Å². The number of likely N-dealkylation sites (N-methyl/N-ethyl adjacent to an activating group) is 1. The highest BCUT2D eigenvalue weighted by atomic mass is 16.1. The smallest absolute Gasteiger partial charge is 0.223 e. The van der Waals surface area contributed by atoms with Crippen molar-refractivity contribution in [3.8, 4) is 0 Å². The summed E-state index contributed by atoms with van der Waals surface area (Å²) in [5, 5.41) is 3.08. The number of hydrogen-bond acceptors (Lipinski definition) is 3. The first-order valence-corrected chi connectivity index (χ1v) is 7.69. The van der Waals surface area contributed by atoms with Gasteiger partial charge in [0.1, 0.15) is 0 Å². The molecular formula is C15H31N3O. The van der Waals surface area contributed by atoms with E-state index in [0.717, 1.165) is 38.8 Å². The highest BCUT2D eigenvalue weighted by molar-refractivity contribution is 5.78. The Bertz CT molecular complexity index is 283. The zero-order chi connectivity index (χ0) is 14.4. The van der Waals surface area contributed by atoms with Crippen molar-refractivity contribution in [2.75, 3.05) is 20.1 Å². The number of hydrogen-bond donors (Lipinski definition) is 2. The van der Waals surface area contributed by atoms with E-state index in [4.69, 9.17) is 5.73 Å². The van der Waals surface area contributed by atoms with Crippen LogP contribution in [0.1, 0.15) is 46.5 Å². The van der Waals surface area contributed by atoms with Crippen LogP contribution in [0.25, 0.3) is 0 Å². The Kier molecular flexibility index (Phi) is 6.80. The van der Waals surface area contributed by atoms with E-state index in [1.54, 1.807) is 0 Å². The summed E-state index contributed by atoms with van der Waals surface area (Å²) in [6.45, 7) is 8.22. The molecule has 0 radical (unpaired) electrons. The van der Waals surface area contributed by atoms with E-state index >= 15 is 0 Å². The summed E-state index contributed by atoms with van der Waals surface area (Å²) in [6.07, 6.45) is 4.00. The van der Waals surface area contributed by atoms with E-state index in [9.17, 15) is 4.79 Å². The zero-order valence-corrected chi connectivity index (χ0v) is 13.0. The molecule has 0 aromatic heterocycles. The summed E-state index contributed by atoms with van der Waals surface area (Å²) in [7, 11) is 2.11. The molecule has 0 aliphatic heterocycles. The average molecular weight is 269 g/mol. The fourth-order valence-corrected chi connectivity index (χ4v) is 2.69. The van der Waals surface area contributed by atoms with Gasteiger partial charge in [0.2, 0.25) is 5.91 Å². The monoisotopic (exact) mass is 269 g/mol. The molecule has 4 nitrogen and oxygen atoms in total. The van der Waals surface area contributed by atoms with E-state index < -0.39 is 0 Å². The molecule has 1 fully saturated rings. The topological polar surface area (TPSA) is 58.4 Å². The molecule has 0 saturated heterocycles. The second-order valence-corrected chi connectivity index (χ2v) is 6.18. The lowest BCUT2D eigenvalue weighted by Gasteiger charge is -2.31. The van der Waals surface area contributed by atoms with Crippen molar-refractivity contribution in [2.45, 2.75) is 58.5 Å². The van der Waals surface area contributed by atoms with Gasteiger partial charge in [-0.05, 0) is 45.6 Å². The van der Waals surface area contributed by atoms with Crippen molar-refractivity contribution in [1.29, 1.82) is 0 Å². The molecular weight excluding hydrogens is 238 g/mol. The third-order valence-electron chi connectivity index (χ3n) is 4.71. The van der Waals surface area contributed by atoms with Crippen LogP contribution in [0.3, 0.4) is 0 Å². The molecule has 3 N–H and O–H groups in total. The lowest BCUT2D eigenvalue weighted by atomic mass is 9.79. The van der Waals surface area contributed by atoms with Gasteiger partial charge in [-0.2, -0.15) is 0 Å². The molecule has 4 heteroatoms. The maximum absolute atomic E-state index is 12.1. The van der Waals surface area contributed by atoms with Crippen LogP contribution >= 0.6 is 0 Å². The summed E-state index contributed by atoms with van der Waals surface area (Å²) >= 11 is 0. The van der Waals surface area contributed by atoms with Crippen LogP contribution in [0.15, 0.2) is 0 Å². The van der Waals surface area contributed by atoms with E-state index in [0.29, 0.717) is 12.0 Å². The first kappa shape index (κ1) is 16.4. The number of nitrogens with two attached hydrogens (primary N) is 1. The Balaban J connectivity index is 2.24. The van der Waals surface area contributed by atoms with Crippen LogP contribution < -0.4 is 11.1 Å². The molecule has 0 aromatic rings. The summed E-state index contributed by atoms with van der Waals surface area (Å²) in [4.78, 5) is 14.4. The van der Waals surface area contributed by atoms with Crippen molar-refractivity contribution in [1.82, 2.24) is 10.2 Å². The third-order valence-corrected chi connectivity index (χ3v) is 4.71. The maximum atomic E-state index is 12.1. The predicted molar refractivity (Wildman–Crippen MR) is 79.9 cm³/mol. The van der Waals surface area contributed by atoms with Gasteiger partial charge in [0.15, 0.2) is 0 Å². The Labute approximate surface area is 118 Å². The van der Waals surface area contributed by atoms with E-state index in [2.05, 4.69) is 38.0 Å². The molecule has 1 aliphatic rings. The highest BCUT2D eigenvalue weighted by Gasteiger charge is 2.29. The van der Waals surface area contributed by atoms with Crippen LogP contribution in [0.5, 0.6) is 0 Å². The minimum absolute atomic E-state index is 0.170. The Hall–Kier alpha value is -0.610. The van der Waals surface area contributed by atoms with Gasteiger partial charge in [-0.25, -0.2) is 0 Å². The van der Waals surface area contributed by atoms with Gasteiger partial charge in [0.25, 0.3) is 0 Å². The van der Waals surface area contributed by atoms with Crippen LogP contribution in [0.4, 0.5) is 0 Å². The van der Waals surface area contributed by atoms with Crippen LogP contribution in [-0.2, 0) is 4.79 Å². The Morgan fingerprint density at radius 2 is 2.16 bits per heavy atom. The lowest BCUT2D eigenvalue weighted by molar-refractivity contribution is -0.126. The van der Waals surface area contributed by atoms with E-state index in [1.807, 2.05) is 0 Å². The summed E-state index contributed by atoms with van der Waals surface area (Å²) in [5.41, 5.74) is 5.99. The quantitative estimate of drug-likeness (QED) is 0.770. The Morgan fingerprint density at radius 3 is 2.74 bits per heavy atom. The molecule has 1 aliphatic carbocycles. The number of amides is 1. The third kappa shape index (κ3) is 5.11. The molecule has 112 valence electrons. The molecule has 4 unspecified atom stereocenters. The SMILES string of the molecule is CCC(C)N(C)CCNC(=O)C1CCC(N)C(C)C1. The minimum Gasteiger partial charge on any atom is -0.355 e. The van der Waals surface area contributed by atoms with Crippen molar-refractivity contribution in [3.05, 3.63) is 0 Å². The van der Waals surface area contributed by atoms with Crippen LogP contribution in [0.2, 0.25) is 0 Å². The van der Waals surface area contributed by atoms with Gasteiger partial charge in [-0.1, -0.05) is 13.8 Å². The van der Waals surface area contributed by atoms with Gasteiger partial charge in [-0.3, -0.25) is 4.79 Å². The molecule has 1 saturated carbocycles. The van der Waals surface area contributed by atoms with Crippen molar-refractivity contribution >= 4 is 5.91 Å². The fourth-order valence-electron chi connectivity index (χ4n) is 2.69. The largest absolute Gasteiger partial charge is 0.355 e. The number of carbonyl (C=O) groups excluding carboxylic acids is 1. The van der Waals surface area contributed by atoms with E-state index in [-0.39, 0.29) is 17.9 Å². The molecule has 0 bridgehead atoms. The number of rotatable bonds is 6. The van der Waals surface area contributed by atoms with Gasteiger partial charge in [0.05, 0.1) is 0 Å². The van der Waals surface area contributed by atoms with Gasteiger partial charge >= 0.3 is 0 Å². The van der Waals surface area contributed by atoms with Gasteiger partial charge in [-0.15, -0.1) is 0 Å². The van der Waals surface area contributed by atoms with Crippen LogP contribution in [0, 0.1) is 11.8 Å². The predicted octanol–water partition coefficient (Wildman–Crippen LogP) is 1.60. The molecule has 19 heavy (non-hydrogen) atoms. The standard InChI is InChI=1S/C15H31N3O/c1-5-12(3)18(4)9-8-17-15(19)13-6-7-14(16)11(2)10-13/h11-14H,5-10,16H2,1-4H3,(H,17,19). The van der Waals surface area contributed by atoms with Gasteiger partial charge in [0, 0.05) is 31.1 Å².